The number of amides is 1. The summed E-state index contributed by atoms with van der Waals surface area (Å²) in [5, 5.41) is 7.06. The Morgan fingerprint density at radius 1 is 1.46 bits per heavy atom. The van der Waals surface area contributed by atoms with Crippen LogP contribution in [-0.4, -0.2) is 26.9 Å². The molecule has 1 aliphatic rings. The van der Waals surface area contributed by atoms with E-state index in [2.05, 4.69) is 10.4 Å². The number of aryl methyl sites for hydroxylation is 2. The van der Waals surface area contributed by atoms with Crippen LogP contribution in [0.2, 0.25) is 5.02 Å². The van der Waals surface area contributed by atoms with Gasteiger partial charge in [-0.3, -0.25) is 14.3 Å². The summed E-state index contributed by atoms with van der Waals surface area (Å²) in [5.41, 5.74) is 1.05. The molecule has 1 aliphatic heterocycles. The van der Waals surface area contributed by atoms with E-state index >= 15 is 0 Å². The van der Waals surface area contributed by atoms with Crippen LogP contribution < -0.4 is 10.9 Å². The smallest absolute Gasteiger partial charge is 0.269 e. The first-order valence-electron chi connectivity index (χ1n) is 7.74. The SMILES string of the molecule is Cn1nccc1[C@@H]1OCCC[C@H]1C(=O)Nc1cc(Cl)c(=O)n(C)c1. The first-order valence-corrected chi connectivity index (χ1v) is 8.11. The summed E-state index contributed by atoms with van der Waals surface area (Å²) in [6.07, 6.45) is 4.44. The molecule has 2 atom stereocenters. The van der Waals surface area contributed by atoms with Crippen LogP contribution in [0.3, 0.4) is 0 Å². The van der Waals surface area contributed by atoms with Crippen LogP contribution in [0.4, 0.5) is 5.69 Å². The Hall–Kier alpha value is -2.12. The molecule has 0 aliphatic carbocycles. The number of aromatic nitrogens is 3. The molecule has 7 nitrogen and oxygen atoms in total. The number of ether oxygens (including phenoxy) is 1. The van der Waals surface area contributed by atoms with Gasteiger partial charge >= 0.3 is 0 Å². The molecule has 0 bridgehead atoms. The van der Waals surface area contributed by atoms with Gasteiger partial charge in [-0.05, 0) is 25.0 Å². The Bertz CT molecular complexity index is 788. The first-order chi connectivity index (χ1) is 11.5. The minimum atomic E-state index is -0.339. The van der Waals surface area contributed by atoms with Crippen molar-refractivity contribution in [3.63, 3.8) is 0 Å². The molecule has 8 heteroatoms. The van der Waals surface area contributed by atoms with Crippen molar-refractivity contribution in [1.82, 2.24) is 14.3 Å². The summed E-state index contributed by atoms with van der Waals surface area (Å²) in [7, 11) is 3.42. The third-order valence-corrected chi connectivity index (χ3v) is 4.49. The van der Waals surface area contributed by atoms with Crippen LogP contribution in [-0.2, 0) is 23.6 Å². The van der Waals surface area contributed by atoms with Gasteiger partial charge in [-0.1, -0.05) is 11.6 Å². The summed E-state index contributed by atoms with van der Waals surface area (Å²) in [6, 6.07) is 3.32. The number of nitrogens with zero attached hydrogens (tertiary/aromatic N) is 3. The summed E-state index contributed by atoms with van der Waals surface area (Å²) >= 11 is 5.90. The van der Waals surface area contributed by atoms with Gasteiger partial charge in [0.25, 0.3) is 5.56 Å². The standard InChI is InChI=1S/C16H19ClN4O3/c1-20-9-10(8-12(17)16(20)23)19-15(22)11-4-3-7-24-14(11)13-5-6-18-21(13)2/h5-6,8-9,11,14H,3-4,7H2,1-2H3,(H,19,22)/t11-,14-/m1/s1. The van der Waals surface area contributed by atoms with Gasteiger partial charge in [0.1, 0.15) is 11.1 Å². The first kappa shape index (κ1) is 16.7. The molecular formula is C16H19ClN4O3. The molecule has 3 heterocycles. The van der Waals surface area contributed by atoms with Crippen LogP contribution in [0.25, 0.3) is 0 Å². The van der Waals surface area contributed by atoms with Crippen LogP contribution in [0.5, 0.6) is 0 Å². The van der Waals surface area contributed by atoms with Gasteiger partial charge in [0, 0.05) is 33.1 Å². The quantitative estimate of drug-likeness (QED) is 0.916. The molecule has 2 aromatic rings. The van der Waals surface area contributed by atoms with Crippen molar-refractivity contribution in [3.8, 4) is 0 Å². The van der Waals surface area contributed by atoms with E-state index in [1.807, 2.05) is 13.1 Å². The lowest BCUT2D eigenvalue weighted by atomic mass is 9.91. The maximum Gasteiger partial charge on any atom is 0.269 e. The third kappa shape index (κ3) is 3.22. The third-order valence-electron chi connectivity index (χ3n) is 4.22. The van der Waals surface area contributed by atoms with Crippen LogP contribution in [0.15, 0.2) is 29.3 Å². The average Bonchev–Trinajstić information content (AvgIpc) is 2.98. The molecule has 3 rings (SSSR count). The van der Waals surface area contributed by atoms with Crippen LogP contribution in [0.1, 0.15) is 24.6 Å². The van der Waals surface area contributed by atoms with E-state index in [1.165, 1.54) is 10.6 Å². The Kier molecular flexibility index (Phi) is 4.73. The van der Waals surface area contributed by atoms with E-state index in [1.54, 1.807) is 24.1 Å². The Labute approximate surface area is 144 Å². The number of hydrogen-bond donors (Lipinski definition) is 1. The Morgan fingerprint density at radius 3 is 2.92 bits per heavy atom. The number of halogens is 1. The molecule has 0 radical (unpaired) electrons. The predicted molar refractivity (Wildman–Crippen MR) is 89.9 cm³/mol. The molecular weight excluding hydrogens is 332 g/mol. The lowest BCUT2D eigenvalue weighted by Crippen LogP contribution is -2.34. The number of nitrogens with one attached hydrogen (secondary N) is 1. The molecule has 1 N–H and O–H groups in total. The number of hydrogen-bond acceptors (Lipinski definition) is 4. The van der Waals surface area contributed by atoms with Crippen molar-refractivity contribution in [2.24, 2.45) is 20.0 Å². The van der Waals surface area contributed by atoms with Crippen molar-refractivity contribution < 1.29 is 9.53 Å². The minimum absolute atomic E-state index is 0.0679. The zero-order valence-electron chi connectivity index (χ0n) is 13.5. The summed E-state index contributed by atoms with van der Waals surface area (Å²) < 4.78 is 8.90. The highest BCUT2D eigenvalue weighted by Gasteiger charge is 2.34. The summed E-state index contributed by atoms with van der Waals surface area (Å²) in [5.74, 6) is -0.485. The van der Waals surface area contributed by atoms with E-state index < -0.39 is 0 Å². The Balaban J connectivity index is 1.82. The van der Waals surface area contributed by atoms with Gasteiger partial charge in [0.2, 0.25) is 5.91 Å². The average molecular weight is 351 g/mol. The monoisotopic (exact) mass is 350 g/mol. The van der Waals surface area contributed by atoms with Crippen molar-refractivity contribution in [2.45, 2.75) is 18.9 Å². The van der Waals surface area contributed by atoms with E-state index in [4.69, 9.17) is 16.3 Å². The topological polar surface area (TPSA) is 78.2 Å². The van der Waals surface area contributed by atoms with Crippen molar-refractivity contribution >= 4 is 23.2 Å². The van der Waals surface area contributed by atoms with Gasteiger partial charge in [-0.15, -0.1) is 0 Å². The number of carbonyl (C=O) groups excluding carboxylic acids is 1. The molecule has 1 saturated heterocycles. The fourth-order valence-corrected chi connectivity index (χ4v) is 3.23. The van der Waals surface area contributed by atoms with Crippen LogP contribution in [0, 0.1) is 5.92 Å². The van der Waals surface area contributed by atoms with E-state index in [9.17, 15) is 9.59 Å². The van der Waals surface area contributed by atoms with Crippen molar-refractivity contribution in [1.29, 1.82) is 0 Å². The second-order valence-electron chi connectivity index (χ2n) is 5.90. The molecule has 1 fully saturated rings. The van der Waals surface area contributed by atoms with Gasteiger partial charge in [-0.2, -0.15) is 5.10 Å². The molecule has 0 saturated carbocycles. The second kappa shape index (κ2) is 6.78. The number of pyridine rings is 1. The predicted octanol–water partition coefficient (Wildman–Crippen LogP) is 1.88. The highest BCUT2D eigenvalue weighted by Crippen LogP contribution is 2.34. The second-order valence-corrected chi connectivity index (χ2v) is 6.31. The molecule has 0 spiro atoms. The van der Waals surface area contributed by atoms with Crippen LogP contribution >= 0.6 is 11.6 Å². The molecule has 0 aromatic carbocycles. The van der Waals surface area contributed by atoms with Gasteiger partial charge in [-0.25, -0.2) is 0 Å². The number of carbonyl (C=O) groups is 1. The maximum atomic E-state index is 12.7. The van der Waals surface area contributed by atoms with Gasteiger partial charge < -0.3 is 14.6 Å². The lowest BCUT2D eigenvalue weighted by molar-refractivity contribution is -0.129. The van der Waals surface area contributed by atoms with Gasteiger partial charge in [0.05, 0.1) is 17.3 Å². The molecule has 0 unspecified atom stereocenters. The van der Waals surface area contributed by atoms with E-state index in [-0.39, 0.29) is 28.5 Å². The molecule has 24 heavy (non-hydrogen) atoms. The molecule has 128 valence electrons. The zero-order valence-corrected chi connectivity index (χ0v) is 14.3. The fraction of sp³-hybridized carbons (Fsp3) is 0.438. The molecule has 2 aromatic heterocycles. The normalized spacial score (nSPS) is 20.8. The zero-order chi connectivity index (χ0) is 17.3. The van der Waals surface area contributed by atoms with Crippen molar-refractivity contribution in [3.05, 3.63) is 45.6 Å². The number of rotatable bonds is 3. The van der Waals surface area contributed by atoms with E-state index in [0.29, 0.717) is 12.3 Å². The fourth-order valence-electron chi connectivity index (χ4n) is 2.98. The van der Waals surface area contributed by atoms with Crippen molar-refractivity contribution in [2.75, 3.05) is 11.9 Å². The lowest BCUT2D eigenvalue weighted by Gasteiger charge is -2.30. The minimum Gasteiger partial charge on any atom is -0.371 e. The molecule has 1 amide bonds. The number of anilines is 1. The Morgan fingerprint density at radius 2 is 2.25 bits per heavy atom. The summed E-state index contributed by atoms with van der Waals surface area (Å²) in [6.45, 7) is 0.616. The maximum absolute atomic E-state index is 12.7. The van der Waals surface area contributed by atoms with E-state index in [0.717, 1.165) is 18.5 Å². The largest absolute Gasteiger partial charge is 0.371 e. The van der Waals surface area contributed by atoms with Gasteiger partial charge in [0.15, 0.2) is 0 Å². The summed E-state index contributed by atoms with van der Waals surface area (Å²) in [4.78, 5) is 24.4. The highest BCUT2D eigenvalue weighted by atomic mass is 35.5. The highest BCUT2D eigenvalue weighted by molar-refractivity contribution is 6.30.